The van der Waals surface area contributed by atoms with Gasteiger partial charge in [0.25, 0.3) is 0 Å². The first-order valence-corrected chi connectivity index (χ1v) is 5.30. The number of nitrogens with one attached hydrogen (secondary N) is 1. The third-order valence-electron chi connectivity index (χ3n) is 2.20. The van der Waals surface area contributed by atoms with E-state index in [1.165, 1.54) is 13.2 Å². The Balaban J connectivity index is 3.03. The third-order valence-corrected chi connectivity index (χ3v) is 2.20. The van der Waals surface area contributed by atoms with E-state index in [1.807, 2.05) is 6.92 Å². The number of hydrogen-bond acceptors (Lipinski definition) is 3. The Hall–Kier alpha value is -2.04. The van der Waals surface area contributed by atoms with Crippen LogP contribution in [0.1, 0.15) is 30.1 Å². The summed E-state index contributed by atoms with van der Waals surface area (Å²) in [6.45, 7) is 1.89. The van der Waals surface area contributed by atoms with E-state index in [0.29, 0.717) is 12.1 Å². The van der Waals surface area contributed by atoms with Crippen LogP contribution in [-0.2, 0) is 4.79 Å². The summed E-state index contributed by atoms with van der Waals surface area (Å²) >= 11 is 0. The van der Waals surface area contributed by atoms with E-state index in [0.717, 1.165) is 6.42 Å². The zero-order valence-electron chi connectivity index (χ0n) is 9.82. The maximum atomic E-state index is 11.4. The van der Waals surface area contributed by atoms with E-state index in [1.54, 1.807) is 12.1 Å². The lowest BCUT2D eigenvalue weighted by Gasteiger charge is -2.11. The highest BCUT2D eigenvalue weighted by atomic mass is 16.5. The summed E-state index contributed by atoms with van der Waals surface area (Å²) in [7, 11) is 1.37. The van der Waals surface area contributed by atoms with Crippen LogP contribution >= 0.6 is 0 Å². The number of methoxy groups -OCH3 is 1. The molecule has 0 fully saturated rings. The third kappa shape index (κ3) is 3.21. The minimum Gasteiger partial charge on any atom is -0.494 e. The number of amides is 1. The molecule has 1 rings (SSSR count). The van der Waals surface area contributed by atoms with Gasteiger partial charge in [-0.2, -0.15) is 0 Å². The highest BCUT2D eigenvalue weighted by Gasteiger charge is 2.15. The Morgan fingerprint density at radius 1 is 1.41 bits per heavy atom. The normalized spacial score (nSPS) is 9.76. The number of carbonyl (C=O) groups is 2. The lowest BCUT2D eigenvalue weighted by molar-refractivity contribution is -0.116. The minimum atomic E-state index is -1.09. The molecule has 0 unspecified atom stereocenters. The fourth-order valence-electron chi connectivity index (χ4n) is 1.46. The second-order valence-electron chi connectivity index (χ2n) is 3.49. The van der Waals surface area contributed by atoms with Crippen molar-refractivity contribution >= 4 is 17.6 Å². The predicted octanol–water partition coefficient (Wildman–Crippen LogP) is 2.13. The fourth-order valence-corrected chi connectivity index (χ4v) is 1.46. The van der Waals surface area contributed by atoms with Gasteiger partial charge in [0.15, 0.2) is 5.75 Å². The van der Waals surface area contributed by atoms with Gasteiger partial charge < -0.3 is 15.2 Å². The van der Waals surface area contributed by atoms with Crippen LogP contribution in [0.4, 0.5) is 5.69 Å². The zero-order chi connectivity index (χ0) is 12.8. The Morgan fingerprint density at radius 2 is 2.12 bits per heavy atom. The number of carboxylic acids is 1. The van der Waals surface area contributed by atoms with Crippen LogP contribution in [0.25, 0.3) is 0 Å². The Labute approximate surface area is 99.4 Å². The molecular weight excluding hydrogens is 222 g/mol. The van der Waals surface area contributed by atoms with Gasteiger partial charge in [-0.3, -0.25) is 4.79 Å². The number of carbonyl (C=O) groups excluding carboxylic acids is 1. The molecule has 0 aliphatic heterocycles. The van der Waals surface area contributed by atoms with Gasteiger partial charge >= 0.3 is 5.97 Å². The predicted molar refractivity (Wildman–Crippen MR) is 63.5 cm³/mol. The van der Waals surface area contributed by atoms with Crippen LogP contribution in [0.15, 0.2) is 18.2 Å². The lowest BCUT2D eigenvalue weighted by Crippen LogP contribution is -2.13. The minimum absolute atomic E-state index is 0.0294. The molecule has 5 heteroatoms. The number of aromatic carboxylic acids is 1. The number of para-hydroxylation sites is 1. The van der Waals surface area contributed by atoms with Crippen LogP contribution in [0.5, 0.6) is 5.75 Å². The average Bonchev–Trinajstić information content (AvgIpc) is 2.28. The Morgan fingerprint density at radius 3 is 2.65 bits per heavy atom. The Bertz CT molecular complexity index is 429. The van der Waals surface area contributed by atoms with E-state index < -0.39 is 5.97 Å². The molecule has 0 bridgehead atoms. The summed E-state index contributed by atoms with van der Waals surface area (Å²) < 4.78 is 5.02. The van der Waals surface area contributed by atoms with Crippen LogP contribution in [0, 0.1) is 0 Å². The van der Waals surface area contributed by atoms with Gasteiger partial charge in [0.05, 0.1) is 12.8 Å². The Kier molecular flexibility index (Phi) is 4.51. The van der Waals surface area contributed by atoms with Crippen molar-refractivity contribution in [2.24, 2.45) is 0 Å². The summed E-state index contributed by atoms with van der Waals surface area (Å²) in [4.78, 5) is 22.4. The van der Waals surface area contributed by atoms with Gasteiger partial charge in [-0.1, -0.05) is 13.0 Å². The molecule has 0 radical (unpaired) electrons. The van der Waals surface area contributed by atoms with E-state index in [9.17, 15) is 9.59 Å². The van der Waals surface area contributed by atoms with Crippen molar-refractivity contribution in [3.05, 3.63) is 23.8 Å². The van der Waals surface area contributed by atoms with Crippen molar-refractivity contribution in [1.82, 2.24) is 0 Å². The highest BCUT2D eigenvalue weighted by Crippen LogP contribution is 2.28. The molecule has 0 spiro atoms. The van der Waals surface area contributed by atoms with Crippen molar-refractivity contribution in [2.45, 2.75) is 19.8 Å². The number of carboxylic acid groups (broad SMARTS) is 1. The summed E-state index contributed by atoms with van der Waals surface area (Å²) in [5, 5.41) is 11.6. The molecule has 0 saturated carbocycles. The van der Waals surface area contributed by atoms with Crippen molar-refractivity contribution in [1.29, 1.82) is 0 Å². The van der Waals surface area contributed by atoms with E-state index in [4.69, 9.17) is 9.84 Å². The van der Waals surface area contributed by atoms with Gasteiger partial charge in [-0.15, -0.1) is 0 Å². The lowest BCUT2D eigenvalue weighted by atomic mass is 10.1. The monoisotopic (exact) mass is 237 g/mol. The molecule has 0 aliphatic carbocycles. The van der Waals surface area contributed by atoms with Gasteiger partial charge in [-0.05, 0) is 18.6 Å². The standard InChI is InChI=1S/C12H15NO4/c1-3-5-10(14)13-9-7-4-6-8(12(15)16)11(9)17-2/h4,6-7H,3,5H2,1-2H3,(H,13,14)(H,15,16). The smallest absolute Gasteiger partial charge is 0.339 e. The zero-order valence-corrected chi connectivity index (χ0v) is 9.82. The number of benzene rings is 1. The maximum Gasteiger partial charge on any atom is 0.339 e. The van der Waals surface area contributed by atoms with Gasteiger partial charge in [0.2, 0.25) is 5.91 Å². The van der Waals surface area contributed by atoms with Crippen molar-refractivity contribution in [3.8, 4) is 5.75 Å². The molecule has 0 aliphatic rings. The first-order chi connectivity index (χ1) is 8.10. The van der Waals surface area contributed by atoms with Crippen LogP contribution in [-0.4, -0.2) is 24.1 Å². The average molecular weight is 237 g/mol. The van der Waals surface area contributed by atoms with Crippen LogP contribution in [0.3, 0.4) is 0 Å². The second-order valence-corrected chi connectivity index (χ2v) is 3.49. The maximum absolute atomic E-state index is 11.4. The van der Waals surface area contributed by atoms with Gasteiger partial charge in [0, 0.05) is 6.42 Å². The summed E-state index contributed by atoms with van der Waals surface area (Å²) in [5.74, 6) is -1.08. The fraction of sp³-hybridized carbons (Fsp3) is 0.333. The van der Waals surface area contributed by atoms with E-state index in [2.05, 4.69) is 5.32 Å². The summed E-state index contributed by atoms with van der Waals surface area (Å²) in [5.41, 5.74) is 0.410. The molecule has 17 heavy (non-hydrogen) atoms. The van der Waals surface area contributed by atoms with Gasteiger partial charge in [0.1, 0.15) is 5.56 Å². The molecule has 0 heterocycles. The van der Waals surface area contributed by atoms with Gasteiger partial charge in [-0.25, -0.2) is 4.79 Å². The molecule has 0 atom stereocenters. The van der Waals surface area contributed by atoms with Crippen LogP contribution < -0.4 is 10.1 Å². The van der Waals surface area contributed by atoms with Crippen molar-refractivity contribution < 1.29 is 19.4 Å². The number of ether oxygens (including phenoxy) is 1. The molecule has 5 nitrogen and oxygen atoms in total. The first-order valence-electron chi connectivity index (χ1n) is 5.30. The molecule has 0 saturated heterocycles. The molecule has 1 amide bonds. The first kappa shape index (κ1) is 13.0. The molecular formula is C12H15NO4. The SMILES string of the molecule is CCCC(=O)Nc1cccc(C(=O)O)c1OC. The molecule has 92 valence electrons. The number of rotatable bonds is 5. The molecule has 0 aromatic heterocycles. The molecule has 1 aromatic carbocycles. The van der Waals surface area contributed by atoms with Crippen molar-refractivity contribution in [3.63, 3.8) is 0 Å². The number of hydrogen-bond donors (Lipinski definition) is 2. The highest BCUT2D eigenvalue weighted by molar-refractivity contribution is 5.98. The summed E-state index contributed by atoms with van der Waals surface area (Å²) in [6, 6.07) is 4.60. The quantitative estimate of drug-likeness (QED) is 0.822. The second kappa shape index (κ2) is 5.89. The molecule has 2 N–H and O–H groups in total. The largest absolute Gasteiger partial charge is 0.494 e. The van der Waals surface area contributed by atoms with Crippen molar-refractivity contribution in [2.75, 3.05) is 12.4 Å². The van der Waals surface area contributed by atoms with E-state index in [-0.39, 0.29) is 17.2 Å². The number of anilines is 1. The topological polar surface area (TPSA) is 75.6 Å². The molecule has 1 aromatic rings. The van der Waals surface area contributed by atoms with Crippen LogP contribution in [0.2, 0.25) is 0 Å². The van der Waals surface area contributed by atoms with E-state index >= 15 is 0 Å². The summed E-state index contributed by atoms with van der Waals surface area (Å²) in [6.07, 6.45) is 1.12.